The van der Waals surface area contributed by atoms with Crippen molar-refractivity contribution in [1.29, 1.82) is 0 Å². The second kappa shape index (κ2) is 6.85. The van der Waals surface area contributed by atoms with Gasteiger partial charge >= 0.3 is 0 Å². The summed E-state index contributed by atoms with van der Waals surface area (Å²) in [5.41, 5.74) is 0.0676. The minimum Gasteiger partial charge on any atom is -0.396 e. The molecular weight excluding hydrogens is 230 g/mol. The SMILES string of the molecule is CN(CC1CCOCC1)CC1(CO)CCOCC1. The van der Waals surface area contributed by atoms with Crippen LogP contribution in [0.3, 0.4) is 0 Å². The van der Waals surface area contributed by atoms with E-state index in [1.165, 1.54) is 12.8 Å². The topological polar surface area (TPSA) is 41.9 Å². The van der Waals surface area contributed by atoms with Gasteiger partial charge in [0.05, 0.1) is 6.61 Å². The standard InChI is InChI=1S/C14H27NO3/c1-15(10-13-2-6-17-7-3-13)11-14(12-16)4-8-18-9-5-14/h13,16H,2-12H2,1H3. The highest BCUT2D eigenvalue weighted by molar-refractivity contribution is 4.84. The van der Waals surface area contributed by atoms with Crippen LogP contribution in [-0.4, -0.2) is 63.2 Å². The summed E-state index contributed by atoms with van der Waals surface area (Å²) in [6.07, 6.45) is 4.34. The van der Waals surface area contributed by atoms with Crippen LogP contribution in [0.15, 0.2) is 0 Å². The molecule has 0 atom stereocenters. The van der Waals surface area contributed by atoms with Crippen LogP contribution in [0.4, 0.5) is 0 Å². The van der Waals surface area contributed by atoms with E-state index < -0.39 is 0 Å². The van der Waals surface area contributed by atoms with Gasteiger partial charge in [-0.3, -0.25) is 0 Å². The summed E-state index contributed by atoms with van der Waals surface area (Å²) < 4.78 is 10.8. The van der Waals surface area contributed by atoms with Gasteiger partial charge in [-0.25, -0.2) is 0 Å². The van der Waals surface area contributed by atoms with Crippen molar-refractivity contribution in [3.05, 3.63) is 0 Å². The fourth-order valence-electron chi connectivity index (χ4n) is 3.18. The second-order valence-electron chi connectivity index (χ2n) is 6.02. The second-order valence-corrected chi connectivity index (χ2v) is 6.02. The molecule has 0 bridgehead atoms. The lowest BCUT2D eigenvalue weighted by atomic mass is 9.80. The molecule has 0 aromatic carbocycles. The molecule has 4 heteroatoms. The molecule has 1 N–H and O–H groups in total. The Morgan fingerprint density at radius 3 is 2.33 bits per heavy atom. The smallest absolute Gasteiger partial charge is 0.0501 e. The Bertz CT molecular complexity index is 235. The highest BCUT2D eigenvalue weighted by Crippen LogP contribution is 2.31. The van der Waals surface area contributed by atoms with Crippen LogP contribution in [0, 0.1) is 11.3 Å². The molecule has 0 radical (unpaired) electrons. The Hall–Kier alpha value is -0.160. The first-order chi connectivity index (χ1) is 8.74. The first kappa shape index (κ1) is 14.3. The third kappa shape index (κ3) is 3.92. The maximum absolute atomic E-state index is 9.69. The lowest BCUT2D eigenvalue weighted by Crippen LogP contribution is -2.44. The Labute approximate surface area is 110 Å². The molecule has 0 spiro atoms. The largest absolute Gasteiger partial charge is 0.396 e. The summed E-state index contributed by atoms with van der Waals surface area (Å²) in [4.78, 5) is 2.40. The number of rotatable bonds is 5. The van der Waals surface area contributed by atoms with Crippen molar-refractivity contribution in [3.8, 4) is 0 Å². The molecule has 2 fully saturated rings. The Morgan fingerprint density at radius 2 is 1.72 bits per heavy atom. The van der Waals surface area contributed by atoms with E-state index >= 15 is 0 Å². The van der Waals surface area contributed by atoms with Gasteiger partial charge < -0.3 is 19.5 Å². The summed E-state index contributed by atoms with van der Waals surface area (Å²) >= 11 is 0. The predicted octanol–water partition coefficient (Wildman–Crippen LogP) is 1.13. The van der Waals surface area contributed by atoms with Gasteiger partial charge in [0.15, 0.2) is 0 Å². The molecule has 2 rings (SSSR count). The monoisotopic (exact) mass is 257 g/mol. The van der Waals surface area contributed by atoms with E-state index in [0.29, 0.717) is 0 Å². The minimum atomic E-state index is 0.0676. The number of hydrogen-bond acceptors (Lipinski definition) is 4. The molecule has 0 aliphatic carbocycles. The van der Waals surface area contributed by atoms with Gasteiger partial charge in [0.1, 0.15) is 0 Å². The number of aliphatic hydroxyl groups excluding tert-OH is 1. The van der Waals surface area contributed by atoms with E-state index in [0.717, 1.165) is 58.3 Å². The maximum Gasteiger partial charge on any atom is 0.0501 e. The first-order valence-electron chi connectivity index (χ1n) is 7.19. The summed E-state index contributed by atoms with van der Waals surface area (Å²) in [6.45, 7) is 5.83. The summed E-state index contributed by atoms with van der Waals surface area (Å²) in [5, 5.41) is 9.69. The van der Waals surface area contributed by atoms with Crippen LogP contribution < -0.4 is 0 Å². The van der Waals surface area contributed by atoms with Crippen molar-refractivity contribution in [1.82, 2.24) is 4.90 Å². The van der Waals surface area contributed by atoms with Crippen molar-refractivity contribution in [2.75, 3.05) is 53.2 Å². The predicted molar refractivity (Wildman–Crippen MR) is 70.6 cm³/mol. The summed E-state index contributed by atoms with van der Waals surface area (Å²) in [5.74, 6) is 0.763. The number of nitrogens with zero attached hydrogens (tertiary/aromatic N) is 1. The zero-order chi connectivity index (χ0) is 12.8. The molecule has 4 nitrogen and oxygen atoms in total. The van der Waals surface area contributed by atoms with Crippen molar-refractivity contribution in [3.63, 3.8) is 0 Å². The highest BCUT2D eigenvalue weighted by atomic mass is 16.5. The van der Waals surface area contributed by atoms with Crippen molar-refractivity contribution in [2.24, 2.45) is 11.3 Å². The van der Waals surface area contributed by atoms with E-state index in [-0.39, 0.29) is 12.0 Å². The van der Waals surface area contributed by atoms with Crippen LogP contribution in [0.2, 0.25) is 0 Å². The zero-order valence-electron chi connectivity index (χ0n) is 11.6. The molecule has 0 aromatic heterocycles. The van der Waals surface area contributed by atoms with Gasteiger partial charge in [0.25, 0.3) is 0 Å². The lowest BCUT2D eigenvalue weighted by Gasteiger charge is -2.39. The fourth-order valence-corrected chi connectivity index (χ4v) is 3.18. The van der Waals surface area contributed by atoms with Gasteiger partial charge in [0, 0.05) is 44.9 Å². The van der Waals surface area contributed by atoms with Crippen molar-refractivity contribution < 1.29 is 14.6 Å². The van der Waals surface area contributed by atoms with Crippen molar-refractivity contribution >= 4 is 0 Å². The molecule has 18 heavy (non-hydrogen) atoms. The van der Waals surface area contributed by atoms with Crippen LogP contribution in [-0.2, 0) is 9.47 Å². The van der Waals surface area contributed by atoms with Gasteiger partial charge in [-0.15, -0.1) is 0 Å². The van der Waals surface area contributed by atoms with E-state index in [1.54, 1.807) is 0 Å². The third-order valence-electron chi connectivity index (χ3n) is 4.40. The molecular formula is C14H27NO3. The molecule has 2 heterocycles. The Morgan fingerprint density at radius 1 is 1.11 bits per heavy atom. The highest BCUT2D eigenvalue weighted by Gasteiger charge is 2.33. The first-order valence-corrected chi connectivity index (χ1v) is 7.19. The van der Waals surface area contributed by atoms with Crippen molar-refractivity contribution in [2.45, 2.75) is 25.7 Å². The summed E-state index contributed by atoms with van der Waals surface area (Å²) in [7, 11) is 2.18. The van der Waals surface area contributed by atoms with E-state index in [9.17, 15) is 5.11 Å². The Balaban J connectivity index is 1.78. The van der Waals surface area contributed by atoms with E-state index in [2.05, 4.69) is 11.9 Å². The maximum atomic E-state index is 9.69. The van der Waals surface area contributed by atoms with Crippen LogP contribution in [0.25, 0.3) is 0 Å². The average Bonchev–Trinajstić information content (AvgIpc) is 2.41. The minimum absolute atomic E-state index is 0.0676. The van der Waals surface area contributed by atoms with Crippen LogP contribution in [0.5, 0.6) is 0 Å². The van der Waals surface area contributed by atoms with Gasteiger partial charge in [-0.05, 0) is 38.6 Å². The number of aliphatic hydroxyl groups is 1. The summed E-state index contributed by atoms with van der Waals surface area (Å²) in [6, 6.07) is 0. The van der Waals surface area contributed by atoms with Gasteiger partial charge in [0.2, 0.25) is 0 Å². The van der Waals surface area contributed by atoms with E-state index in [4.69, 9.17) is 9.47 Å². The lowest BCUT2D eigenvalue weighted by molar-refractivity contribution is -0.0349. The molecule has 106 valence electrons. The number of hydrogen-bond donors (Lipinski definition) is 1. The fraction of sp³-hybridized carbons (Fsp3) is 1.00. The molecule has 0 amide bonds. The normalized spacial score (nSPS) is 25.5. The zero-order valence-corrected chi connectivity index (χ0v) is 11.6. The molecule has 0 aromatic rings. The third-order valence-corrected chi connectivity index (χ3v) is 4.40. The Kier molecular flexibility index (Phi) is 5.42. The average molecular weight is 257 g/mol. The van der Waals surface area contributed by atoms with Gasteiger partial charge in [-0.2, -0.15) is 0 Å². The quantitative estimate of drug-likeness (QED) is 0.802. The molecule has 0 saturated carbocycles. The van der Waals surface area contributed by atoms with Crippen LogP contribution >= 0.6 is 0 Å². The molecule has 0 unspecified atom stereocenters. The van der Waals surface area contributed by atoms with E-state index in [1.807, 2.05) is 0 Å². The molecule has 2 saturated heterocycles. The van der Waals surface area contributed by atoms with Gasteiger partial charge in [-0.1, -0.05) is 0 Å². The molecule has 2 aliphatic rings. The number of ether oxygens (including phenoxy) is 2. The van der Waals surface area contributed by atoms with Crippen LogP contribution in [0.1, 0.15) is 25.7 Å². The molecule has 2 aliphatic heterocycles.